The maximum atomic E-state index is 5.89. The first-order valence-corrected chi connectivity index (χ1v) is 8.34. The van der Waals surface area contributed by atoms with Crippen LogP contribution in [-0.4, -0.2) is 11.5 Å². The second-order valence-corrected chi connectivity index (χ2v) is 6.17. The van der Waals surface area contributed by atoms with Crippen LogP contribution in [0.1, 0.15) is 31.9 Å². The summed E-state index contributed by atoms with van der Waals surface area (Å²) in [4.78, 5) is 4.62. The van der Waals surface area contributed by atoms with Crippen molar-refractivity contribution >= 4 is 21.6 Å². The third kappa shape index (κ3) is 3.52. The molecule has 0 saturated carbocycles. The highest BCUT2D eigenvalue weighted by Gasteiger charge is 2.10. The van der Waals surface area contributed by atoms with Crippen molar-refractivity contribution in [3.63, 3.8) is 0 Å². The lowest BCUT2D eigenvalue weighted by molar-refractivity contribution is 0.488. The van der Waals surface area contributed by atoms with Crippen molar-refractivity contribution in [3.05, 3.63) is 42.2 Å². The van der Waals surface area contributed by atoms with Gasteiger partial charge in [0.15, 0.2) is 10.8 Å². The number of para-hydroxylation sites is 1. The molecule has 3 aromatic rings. The zero-order chi connectivity index (χ0) is 14.5. The van der Waals surface area contributed by atoms with E-state index in [1.54, 1.807) is 11.3 Å². The lowest BCUT2D eigenvalue weighted by Crippen LogP contribution is -2.13. The van der Waals surface area contributed by atoms with Crippen molar-refractivity contribution in [2.75, 3.05) is 6.54 Å². The molecule has 110 valence electrons. The van der Waals surface area contributed by atoms with Crippen LogP contribution in [0.2, 0.25) is 0 Å². The minimum Gasteiger partial charge on any atom is -0.457 e. The van der Waals surface area contributed by atoms with Gasteiger partial charge in [0.05, 0.1) is 16.8 Å². The number of benzene rings is 1. The van der Waals surface area contributed by atoms with Crippen LogP contribution in [-0.2, 0) is 6.54 Å². The highest BCUT2D eigenvalue weighted by Crippen LogP contribution is 2.30. The fourth-order valence-electron chi connectivity index (χ4n) is 2.28. The molecule has 0 aliphatic heterocycles. The second-order valence-electron chi connectivity index (χ2n) is 5.14. The maximum Gasteiger partial charge on any atom is 0.163 e. The van der Waals surface area contributed by atoms with E-state index in [9.17, 15) is 0 Å². The zero-order valence-corrected chi connectivity index (χ0v) is 13.1. The highest BCUT2D eigenvalue weighted by atomic mass is 32.1. The topological polar surface area (TPSA) is 38.1 Å². The van der Waals surface area contributed by atoms with Gasteiger partial charge in [-0.3, -0.25) is 0 Å². The molecule has 0 atom stereocenters. The van der Waals surface area contributed by atoms with E-state index in [1.807, 2.05) is 30.3 Å². The first-order chi connectivity index (χ1) is 10.4. The minimum absolute atomic E-state index is 0.786. The summed E-state index contributed by atoms with van der Waals surface area (Å²) >= 11 is 1.67. The summed E-state index contributed by atoms with van der Waals surface area (Å²) in [6.07, 6.45) is 3.76. The van der Waals surface area contributed by atoms with Crippen LogP contribution in [0.25, 0.3) is 21.0 Å². The zero-order valence-electron chi connectivity index (χ0n) is 12.3. The Balaban J connectivity index is 1.64. The number of thiazole rings is 1. The van der Waals surface area contributed by atoms with E-state index in [-0.39, 0.29) is 0 Å². The van der Waals surface area contributed by atoms with E-state index in [0.717, 1.165) is 35.1 Å². The van der Waals surface area contributed by atoms with Crippen LogP contribution in [0.3, 0.4) is 0 Å². The molecule has 3 nitrogen and oxygen atoms in total. The smallest absolute Gasteiger partial charge is 0.163 e. The van der Waals surface area contributed by atoms with Gasteiger partial charge in [-0.15, -0.1) is 11.3 Å². The molecule has 0 radical (unpaired) electrons. The summed E-state index contributed by atoms with van der Waals surface area (Å²) in [7, 11) is 0. The largest absolute Gasteiger partial charge is 0.457 e. The predicted molar refractivity (Wildman–Crippen MR) is 88.6 cm³/mol. The molecule has 2 heterocycles. The van der Waals surface area contributed by atoms with E-state index in [2.05, 4.69) is 23.3 Å². The Morgan fingerprint density at radius 1 is 1.14 bits per heavy atom. The van der Waals surface area contributed by atoms with Crippen molar-refractivity contribution in [1.29, 1.82) is 0 Å². The Kier molecular flexibility index (Phi) is 4.68. The number of nitrogens with one attached hydrogen (secondary N) is 1. The number of fused-ring (bicyclic) bond motifs is 1. The molecular formula is C17H20N2OS. The van der Waals surface area contributed by atoms with Gasteiger partial charge >= 0.3 is 0 Å². The second kappa shape index (κ2) is 6.87. The number of nitrogens with zero attached hydrogens (tertiary/aromatic N) is 1. The van der Waals surface area contributed by atoms with Crippen LogP contribution < -0.4 is 5.32 Å². The van der Waals surface area contributed by atoms with Crippen molar-refractivity contribution < 1.29 is 4.42 Å². The molecule has 3 rings (SSSR count). The van der Waals surface area contributed by atoms with Crippen molar-refractivity contribution in [2.45, 2.75) is 32.7 Å². The first-order valence-electron chi connectivity index (χ1n) is 7.52. The average molecular weight is 300 g/mol. The third-order valence-electron chi connectivity index (χ3n) is 3.42. The van der Waals surface area contributed by atoms with Gasteiger partial charge in [0.25, 0.3) is 0 Å². The predicted octanol–water partition coefficient (Wildman–Crippen LogP) is 4.84. The number of unbranched alkanes of at least 4 members (excludes halogenated alkanes) is 2. The quantitative estimate of drug-likeness (QED) is 0.635. The molecule has 1 aromatic carbocycles. The summed E-state index contributed by atoms with van der Waals surface area (Å²) in [5, 5.41) is 4.37. The van der Waals surface area contributed by atoms with Crippen LogP contribution in [0, 0.1) is 0 Å². The molecule has 2 aromatic heterocycles. The third-order valence-corrected chi connectivity index (χ3v) is 4.47. The molecule has 0 spiro atoms. The van der Waals surface area contributed by atoms with E-state index < -0.39 is 0 Å². The van der Waals surface area contributed by atoms with Crippen LogP contribution in [0.4, 0.5) is 0 Å². The molecule has 1 N–H and O–H groups in total. The average Bonchev–Trinajstić information content (AvgIpc) is 3.13. The maximum absolute atomic E-state index is 5.89. The Morgan fingerprint density at radius 2 is 2.05 bits per heavy atom. The monoisotopic (exact) mass is 300 g/mol. The van der Waals surface area contributed by atoms with Crippen molar-refractivity contribution in [1.82, 2.24) is 10.3 Å². The first kappa shape index (κ1) is 14.3. The highest BCUT2D eigenvalue weighted by molar-refractivity contribution is 7.21. The number of hydrogen-bond donors (Lipinski definition) is 1. The van der Waals surface area contributed by atoms with Crippen LogP contribution in [0.5, 0.6) is 0 Å². The molecule has 21 heavy (non-hydrogen) atoms. The Bertz CT molecular complexity index is 668. The van der Waals surface area contributed by atoms with Gasteiger partial charge in [-0.05, 0) is 37.2 Å². The van der Waals surface area contributed by atoms with Crippen LogP contribution in [0.15, 0.2) is 40.8 Å². The van der Waals surface area contributed by atoms with Gasteiger partial charge in [-0.25, -0.2) is 4.98 Å². The normalized spacial score (nSPS) is 11.3. The molecule has 0 unspecified atom stereocenters. The lowest BCUT2D eigenvalue weighted by atomic mass is 10.2. The summed E-state index contributed by atoms with van der Waals surface area (Å²) in [5.74, 6) is 1.84. The molecule has 4 heteroatoms. The molecule has 0 aliphatic rings. The van der Waals surface area contributed by atoms with Gasteiger partial charge in [0.2, 0.25) is 0 Å². The molecular weight excluding hydrogens is 280 g/mol. The minimum atomic E-state index is 0.786. The summed E-state index contributed by atoms with van der Waals surface area (Å²) in [6, 6.07) is 12.2. The van der Waals surface area contributed by atoms with Gasteiger partial charge in [-0.1, -0.05) is 31.9 Å². The van der Waals surface area contributed by atoms with E-state index in [1.165, 1.54) is 24.0 Å². The van der Waals surface area contributed by atoms with E-state index >= 15 is 0 Å². The molecule has 0 aliphatic carbocycles. The number of rotatable bonds is 7. The van der Waals surface area contributed by atoms with Crippen LogP contribution >= 0.6 is 11.3 Å². The van der Waals surface area contributed by atoms with E-state index in [0.29, 0.717) is 0 Å². The molecule has 0 fully saturated rings. The molecule has 0 bridgehead atoms. The SMILES string of the molecule is CCCCCNCc1ccc(-c2nc3ccccc3s2)o1. The Morgan fingerprint density at radius 3 is 2.90 bits per heavy atom. The van der Waals surface area contributed by atoms with Gasteiger partial charge in [-0.2, -0.15) is 0 Å². The van der Waals surface area contributed by atoms with Gasteiger partial charge < -0.3 is 9.73 Å². The van der Waals surface area contributed by atoms with Gasteiger partial charge in [0.1, 0.15) is 5.76 Å². The number of hydrogen-bond acceptors (Lipinski definition) is 4. The summed E-state index contributed by atoms with van der Waals surface area (Å²) < 4.78 is 7.09. The summed E-state index contributed by atoms with van der Waals surface area (Å²) in [5.41, 5.74) is 1.04. The molecule has 0 amide bonds. The Labute approximate surface area is 129 Å². The van der Waals surface area contributed by atoms with E-state index in [4.69, 9.17) is 4.42 Å². The number of furan rings is 1. The van der Waals surface area contributed by atoms with Crippen molar-refractivity contribution in [2.24, 2.45) is 0 Å². The number of aromatic nitrogens is 1. The van der Waals surface area contributed by atoms with Crippen molar-refractivity contribution in [3.8, 4) is 10.8 Å². The Hall–Kier alpha value is -1.65. The lowest BCUT2D eigenvalue weighted by Gasteiger charge is -2.01. The van der Waals surface area contributed by atoms with Gasteiger partial charge in [0, 0.05) is 0 Å². The standard InChI is InChI=1S/C17H20N2OS/c1-2-3-6-11-18-12-13-9-10-15(20-13)17-19-14-7-4-5-8-16(14)21-17/h4-5,7-10,18H,2-3,6,11-12H2,1H3. The molecule has 0 saturated heterocycles. The fourth-order valence-corrected chi connectivity index (χ4v) is 3.20. The fraction of sp³-hybridized carbons (Fsp3) is 0.353. The summed E-state index contributed by atoms with van der Waals surface area (Å²) in [6.45, 7) is 4.05.